The second-order valence-electron chi connectivity index (χ2n) is 7.90. The van der Waals surface area contributed by atoms with Crippen molar-refractivity contribution in [2.24, 2.45) is 0 Å². The van der Waals surface area contributed by atoms with E-state index in [0.29, 0.717) is 34.4 Å². The smallest absolute Gasteiger partial charge is 0.274 e. The van der Waals surface area contributed by atoms with Crippen LogP contribution in [0.2, 0.25) is 10.0 Å². The van der Waals surface area contributed by atoms with Crippen molar-refractivity contribution < 1.29 is 9.59 Å². The van der Waals surface area contributed by atoms with Gasteiger partial charge in [0.1, 0.15) is 5.69 Å². The van der Waals surface area contributed by atoms with Crippen molar-refractivity contribution in [1.29, 1.82) is 0 Å². The molecular weight excluding hydrogens is 449 g/mol. The first-order valence-corrected chi connectivity index (χ1v) is 10.9. The van der Waals surface area contributed by atoms with Crippen molar-refractivity contribution in [2.75, 3.05) is 23.3 Å². The number of amides is 2. The summed E-state index contributed by atoms with van der Waals surface area (Å²) in [5.74, 6) is -0.260. The number of likely N-dealkylation sites (tertiary alicyclic amines) is 1. The van der Waals surface area contributed by atoms with Crippen LogP contribution < -0.4 is 10.2 Å². The van der Waals surface area contributed by atoms with E-state index < -0.39 is 0 Å². The summed E-state index contributed by atoms with van der Waals surface area (Å²) in [5, 5.41) is 4.34. The van der Waals surface area contributed by atoms with Crippen molar-refractivity contribution in [1.82, 2.24) is 14.9 Å². The van der Waals surface area contributed by atoms with E-state index in [1.165, 1.54) is 0 Å². The first kappa shape index (κ1) is 20.7. The zero-order chi connectivity index (χ0) is 22.4. The van der Waals surface area contributed by atoms with Gasteiger partial charge in [-0.2, -0.15) is 0 Å². The molecular formula is C23H19Cl2N5O2. The Bertz CT molecular complexity index is 1230. The molecule has 1 aromatic carbocycles. The van der Waals surface area contributed by atoms with Crippen molar-refractivity contribution in [3.8, 4) is 0 Å². The Morgan fingerprint density at radius 2 is 1.97 bits per heavy atom. The number of benzene rings is 1. The maximum Gasteiger partial charge on any atom is 0.274 e. The van der Waals surface area contributed by atoms with E-state index in [-0.39, 0.29) is 29.6 Å². The number of hydrogen-bond donors (Lipinski definition) is 1. The fourth-order valence-electron chi connectivity index (χ4n) is 4.16. The Kier molecular flexibility index (Phi) is 5.23. The lowest BCUT2D eigenvalue weighted by Crippen LogP contribution is -2.57. The summed E-state index contributed by atoms with van der Waals surface area (Å²) in [6.45, 7) is 3.02. The number of hydrogen-bond acceptors (Lipinski definition) is 5. The molecule has 1 saturated heterocycles. The molecule has 0 radical (unpaired) electrons. The summed E-state index contributed by atoms with van der Waals surface area (Å²) in [4.78, 5) is 37.3. The summed E-state index contributed by atoms with van der Waals surface area (Å²) in [5.41, 5.74) is 3.30. The molecule has 0 bridgehead atoms. The first-order chi connectivity index (χ1) is 15.4. The summed E-state index contributed by atoms with van der Waals surface area (Å²) in [7, 11) is 0. The monoisotopic (exact) mass is 467 g/mol. The maximum atomic E-state index is 13.0. The lowest BCUT2D eigenvalue weighted by Gasteiger charge is -2.40. The first-order valence-electron chi connectivity index (χ1n) is 10.2. The lowest BCUT2D eigenvalue weighted by atomic mass is 10.1. The van der Waals surface area contributed by atoms with E-state index in [2.05, 4.69) is 15.3 Å². The minimum absolute atomic E-state index is 0.0706. The van der Waals surface area contributed by atoms with Gasteiger partial charge in [-0.25, -0.2) is 4.98 Å². The number of nitrogens with one attached hydrogen (secondary N) is 1. The highest BCUT2D eigenvalue weighted by molar-refractivity contribution is 6.33. The van der Waals surface area contributed by atoms with Crippen LogP contribution in [0.1, 0.15) is 39.4 Å². The van der Waals surface area contributed by atoms with E-state index in [4.69, 9.17) is 23.2 Å². The van der Waals surface area contributed by atoms with E-state index in [0.717, 1.165) is 11.3 Å². The van der Waals surface area contributed by atoms with Gasteiger partial charge in [-0.15, -0.1) is 0 Å². The van der Waals surface area contributed by atoms with E-state index >= 15 is 0 Å². The molecule has 32 heavy (non-hydrogen) atoms. The van der Waals surface area contributed by atoms with Gasteiger partial charge >= 0.3 is 0 Å². The predicted octanol–water partition coefficient (Wildman–Crippen LogP) is 4.44. The highest BCUT2D eigenvalue weighted by Gasteiger charge is 2.36. The number of anilines is 2. The molecule has 1 N–H and O–H groups in total. The molecule has 9 heteroatoms. The molecule has 1 unspecified atom stereocenters. The Balaban J connectivity index is 1.27. The standard InChI is InChI=1S/C23H19Cl2N5O2/c1-13-19-7-14(24)4-5-18(19)22(31)30(13)17-8-15(9-26-10-17)28-16-11-29(12-16)23(32)21-20(25)3-2-6-27-21/h2-10,13,16,28H,11-12H2,1H3. The highest BCUT2D eigenvalue weighted by Crippen LogP contribution is 2.38. The molecule has 2 aliphatic heterocycles. The molecule has 0 spiro atoms. The van der Waals surface area contributed by atoms with Crippen LogP contribution in [0.5, 0.6) is 0 Å². The van der Waals surface area contributed by atoms with Gasteiger partial charge in [-0.05, 0) is 48.9 Å². The zero-order valence-corrected chi connectivity index (χ0v) is 18.6. The third-order valence-electron chi connectivity index (χ3n) is 5.80. The molecule has 3 aromatic rings. The maximum absolute atomic E-state index is 13.0. The SMILES string of the molecule is CC1c2cc(Cl)ccc2C(=O)N1c1cncc(NC2CN(C(=O)c3ncccc3Cl)C2)c1. The van der Waals surface area contributed by atoms with Crippen LogP contribution in [0.3, 0.4) is 0 Å². The van der Waals surface area contributed by atoms with Crippen LogP contribution in [-0.2, 0) is 0 Å². The highest BCUT2D eigenvalue weighted by atomic mass is 35.5. The molecule has 4 heterocycles. The van der Waals surface area contributed by atoms with Crippen molar-refractivity contribution >= 4 is 46.4 Å². The quantitative estimate of drug-likeness (QED) is 0.613. The average molecular weight is 468 g/mol. The summed E-state index contributed by atoms with van der Waals surface area (Å²) >= 11 is 12.2. The number of halogens is 2. The number of rotatable bonds is 4. The van der Waals surface area contributed by atoms with Gasteiger partial charge in [-0.1, -0.05) is 23.2 Å². The molecule has 1 atom stereocenters. The number of nitrogens with zero attached hydrogens (tertiary/aromatic N) is 4. The number of carbonyl (C=O) groups is 2. The van der Waals surface area contributed by atoms with Gasteiger partial charge in [0.05, 0.1) is 40.9 Å². The number of pyridine rings is 2. The number of aromatic nitrogens is 2. The molecule has 2 amide bonds. The van der Waals surface area contributed by atoms with Gasteiger partial charge in [0.25, 0.3) is 11.8 Å². The molecule has 2 aliphatic rings. The molecule has 1 fully saturated rings. The summed E-state index contributed by atoms with van der Waals surface area (Å²) in [6.07, 6.45) is 4.93. The normalized spacial score (nSPS) is 17.8. The van der Waals surface area contributed by atoms with E-state index in [1.54, 1.807) is 52.7 Å². The minimum atomic E-state index is -0.187. The molecule has 7 nitrogen and oxygen atoms in total. The van der Waals surface area contributed by atoms with Gasteiger partial charge in [-0.3, -0.25) is 19.5 Å². The number of carbonyl (C=O) groups excluding carboxylic acids is 2. The zero-order valence-electron chi connectivity index (χ0n) is 17.1. The Morgan fingerprint density at radius 1 is 1.16 bits per heavy atom. The molecule has 0 aliphatic carbocycles. The van der Waals surface area contributed by atoms with Crippen molar-refractivity contribution in [3.63, 3.8) is 0 Å². The third kappa shape index (κ3) is 3.57. The van der Waals surface area contributed by atoms with E-state index in [9.17, 15) is 9.59 Å². The van der Waals surface area contributed by atoms with Gasteiger partial charge < -0.3 is 10.2 Å². The third-order valence-corrected chi connectivity index (χ3v) is 6.34. The largest absolute Gasteiger partial charge is 0.377 e. The van der Waals surface area contributed by atoms with Crippen LogP contribution in [0.4, 0.5) is 11.4 Å². The fraction of sp³-hybridized carbons (Fsp3) is 0.217. The Hall–Kier alpha value is -3.16. The second kappa shape index (κ2) is 8.07. The summed E-state index contributed by atoms with van der Waals surface area (Å²) < 4.78 is 0. The topological polar surface area (TPSA) is 78.4 Å². The van der Waals surface area contributed by atoms with Gasteiger partial charge in [0.15, 0.2) is 0 Å². The van der Waals surface area contributed by atoms with Crippen molar-refractivity contribution in [2.45, 2.75) is 19.0 Å². The molecule has 2 aromatic heterocycles. The van der Waals surface area contributed by atoms with Gasteiger partial charge in [0.2, 0.25) is 0 Å². The summed E-state index contributed by atoms with van der Waals surface area (Å²) in [6, 6.07) is 10.5. The molecule has 0 saturated carbocycles. The second-order valence-corrected chi connectivity index (χ2v) is 8.74. The predicted molar refractivity (Wildman–Crippen MR) is 123 cm³/mol. The Labute approximate surface area is 195 Å². The minimum Gasteiger partial charge on any atom is -0.377 e. The number of fused-ring (bicyclic) bond motifs is 1. The molecule has 162 valence electrons. The Morgan fingerprint density at radius 3 is 2.75 bits per heavy atom. The van der Waals surface area contributed by atoms with E-state index in [1.807, 2.05) is 19.1 Å². The van der Waals surface area contributed by atoms with Crippen molar-refractivity contribution in [3.05, 3.63) is 81.9 Å². The fourth-order valence-corrected chi connectivity index (χ4v) is 4.55. The van der Waals surface area contributed by atoms with Crippen LogP contribution in [0.15, 0.2) is 55.0 Å². The lowest BCUT2D eigenvalue weighted by molar-refractivity contribution is 0.0619. The van der Waals surface area contributed by atoms with Crippen LogP contribution in [0.25, 0.3) is 0 Å². The molecule has 5 rings (SSSR count). The van der Waals surface area contributed by atoms with Crippen LogP contribution >= 0.6 is 23.2 Å². The average Bonchev–Trinajstić information content (AvgIpc) is 3.00. The van der Waals surface area contributed by atoms with Gasteiger partial charge in [0, 0.05) is 29.9 Å². The van der Waals surface area contributed by atoms with Crippen LogP contribution in [0, 0.1) is 0 Å². The van der Waals surface area contributed by atoms with Crippen LogP contribution in [-0.4, -0.2) is 45.8 Å².